The maximum absolute atomic E-state index is 8.71. The van der Waals surface area contributed by atoms with Gasteiger partial charge in [0.25, 0.3) is 5.19 Å². The molecule has 0 aliphatic carbocycles. The molecule has 0 fully saturated rings. The Bertz CT molecular complexity index is 498. The minimum Gasteiger partial charge on any atom is -0.470 e. The van der Waals surface area contributed by atoms with Gasteiger partial charge in [0.05, 0.1) is 28.5 Å². The fraction of sp³-hybridized carbons (Fsp3) is 0.200. The number of aromatic nitrogens is 1. The zero-order valence-electron chi connectivity index (χ0n) is 7.65. The summed E-state index contributed by atoms with van der Waals surface area (Å²) in [6.07, 6.45) is 0. The van der Waals surface area contributed by atoms with Crippen LogP contribution >= 0.6 is 11.3 Å². The maximum atomic E-state index is 8.71. The molecule has 1 heterocycles. The van der Waals surface area contributed by atoms with E-state index in [2.05, 4.69) is 11.1 Å². The van der Waals surface area contributed by atoms with Gasteiger partial charge in [0.2, 0.25) is 0 Å². The molecule has 0 N–H and O–H groups in total. The van der Waals surface area contributed by atoms with Crippen molar-refractivity contribution >= 4 is 21.6 Å². The molecule has 2 rings (SSSR count). The van der Waals surface area contributed by atoms with Crippen molar-refractivity contribution in [3.63, 3.8) is 0 Å². The first kappa shape index (κ1) is 8.97. The van der Waals surface area contributed by atoms with E-state index in [9.17, 15) is 0 Å². The van der Waals surface area contributed by atoms with Crippen molar-refractivity contribution in [1.82, 2.24) is 4.98 Å². The highest BCUT2D eigenvalue weighted by molar-refractivity contribution is 7.20. The highest BCUT2D eigenvalue weighted by Crippen LogP contribution is 2.28. The minimum atomic E-state index is 0.616. The van der Waals surface area contributed by atoms with Crippen molar-refractivity contribution in [2.75, 3.05) is 6.61 Å². The first-order valence-corrected chi connectivity index (χ1v) is 5.08. The molecule has 0 atom stereocenters. The molecule has 0 radical (unpaired) electrons. The van der Waals surface area contributed by atoms with Crippen LogP contribution in [-0.4, -0.2) is 11.6 Å². The fourth-order valence-electron chi connectivity index (χ4n) is 1.16. The zero-order valence-corrected chi connectivity index (χ0v) is 8.47. The van der Waals surface area contributed by atoms with Crippen LogP contribution in [0, 0.1) is 11.3 Å². The molecular weight excluding hydrogens is 196 g/mol. The standard InChI is InChI=1S/C10H8N2OS/c1-2-13-10-12-8-4-3-7(6-11)5-9(8)14-10/h3-5H,2H2,1H3. The van der Waals surface area contributed by atoms with Crippen LogP contribution in [0.4, 0.5) is 0 Å². The van der Waals surface area contributed by atoms with Gasteiger partial charge in [-0.05, 0) is 25.1 Å². The average Bonchev–Trinajstić information content (AvgIpc) is 2.59. The van der Waals surface area contributed by atoms with E-state index >= 15 is 0 Å². The Morgan fingerprint density at radius 3 is 3.14 bits per heavy atom. The van der Waals surface area contributed by atoms with Gasteiger partial charge in [0.15, 0.2) is 0 Å². The summed E-state index contributed by atoms with van der Waals surface area (Å²) in [5.41, 5.74) is 1.54. The van der Waals surface area contributed by atoms with Crippen LogP contribution in [0.5, 0.6) is 5.19 Å². The third-order valence-electron chi connectivity index (χ3n) is 1.77. The molecule has 70 valence electrons. The summed E-state index contributed by atoms with van der Waals surface area (Å²) in [5, 5.41) is 9.37. The number of benzene rings is 1. The Kier molecular flexibility index (Phi) is 2.33. The summed E-state index contributed by atoms with van der Waals surface area (Å²) in [5.74, 6) is 0. The second-order valence-electron chi connectivity index (χ2n) is 2.71. The van der Waals surface area contributed by atoms with Crippen LogP contribution < -0.4 is 4.74 Å². The lowest BCUT2D eigenvalue weighted by atomic mass is 10.2. The third-order valence-corrected chi connectivity index (χ3v) is 2.70. The highest BCUT2D eigenvalue weighted by atomic mass is 32.1. The molecule has 0 saturated heterocycles. The second kappa shape index (κ2) is 3.64. The van der Waals surface area contributed by atoms with E-state index in [1.54, 1.807) is 6.07 Å². The quantitative estimate of drug-likeness (QED) is 0.755. The molecule has 1 aromatic carbocycles. The van der Waals surface area contributed by atoms with Crippen LogP contribution in [0.15, 0.2) is 18.2 Å². The fourth-order valence-corrected chi connectivity index (χ4v) is 2.07. The van der Waals surface area contributed by atoms with Crippen molar-refractivity contribution in [3.05, 3.63) is 23.8 Å². The van der Waals surface area contributed by atoms with E-state index in [0.717, 1.165) is 10.2 Å². The summed E-state index contributed by atoms with van der Waals surface area (Å²) >= 11 is 1.47. The molecule has 14 heavy (non-hydrogen) atoms. The topological polar surface area (TPSA) is 45.9 Å². The van der Waals surface area contributed by atoms with Crippen LogP contribution in [0.3, 0.4) is 0 Å². The van der Waals surface area contributed by atoms with E-state index in [0.29, 0.717) is 17.4 Å². The van der Waals surface area contributed by atoms with E-state index in [1.165, 1.54) is 11.3 Å². The number of hydrogen-bond donors (Lipinski definition) is 0. The van der Waals surface area contributed by atoms with Gasteiger partial charge in [0.1, 0.15) is 0 Å². The molecule has 0 unspecified atom stereocenters. The van der Waals surface area contributed by atoms with Crippen molar-refractivity contribution in [2.24, 2.45) is 0 Å². The van der Waals surface area contributed by atoms with Crippen molar-refractivity contribution < 1.29 is 4.74 Å². The van der Waals surface area contributed by atoms with Crippen molar-refractivity contribution in [3.8, 4) is 11.3 Å². The van der Waals surface area contributed by atoms with Gasteiger partial charge in [0, 0.05) is 0 Å². The Morgan fingerprint density at radius 1 is 1.57 bits per heavy atom. The molecule has 1 aromatic heterocycles. The van der Waals surface area contributed by atoms with E-state index < -0.39 is 0 Å². The Morgan fingerprint density at radius 2 is 2.43 bits per heavy atom. The molecule has 0 aliphatic rings. The lowest BCUT2D eigenvalue weighted by molar-refractivity contribution is 0.339. The van der Waals surface area contributed by atoms with Gasteiger partial charge in [-0.3, -0.25) is 0 Å². The minimum absolute atomic E-state index is 0.616. The highest BCUT2D eigenvalue weighted by Gasteiger charge is 2.04. The molecule has 2 aromatic rings. The molecule has 0 saturated carbocycles. The zero-order chi connectivity index (χ0) is 9.97. The molecule has 0 bridgehead atoms. The summed E-state index contributed by atoms with van der Waals surface area (Å²) < 4.78 is 6.28. The number of fused-ring (bicyclic) bond motifs is 1. The summed E-state index contributed by atoms with van der Waals surface area (Å²) in [7, 11) is 0. The smallest absolute Gasteiger partial charge is 0.274 e. The van der Waals surface area contributed by atoms with Crippen molar-refractivity contribution in [2.45, 2.75) is 6.92 Å². The Balaban J connectivity index is 2.50. The number of rotatable bonds is 2. The van der Waals surface area contributed by atoms with Gasteiger partial charge in [-0.25, -0.2) is 4.98 Å². The molecule has 4 heteroatoms. The SMILES string of the molecule is CCOc1nc2ccc(C#N)cc2s1. The number of thiazole rings is 1. The lowest BCUT2D eigenvalue weighted by Gasteiger charge is -1.92. The van der Waals surface area contributed by atoms with Crippen molar-refractivity contribution in [1.29, 1.82) is 5.26 Å². The van der Waals surface area contributed by atoms with E-state index in [-0.39, 0.29) is 0 Å². The maximum Gasteiger partial charge on any atom is 0.274 e. The number of ether oxygens (including phenoxy) is 1. The largest absolute Gasteiger partial charge is 0.470 e. The van der Waals surface area contributed by atoms with Gasteiger partial charge < -0.3 is 4.74 Å². The first-order valence-electron chi connectivity index (χ1n) is 4.27. The normalized spacial score (nSPS) is 10.0. The monoisotopic (exact) mass is 204 g/mol. The van der Waals surface area contributed by atoms with E-state index in [1.807, 2.05) is 19.1 Å². The van der Waals surface area contributed by atoms with Gasteiger partial charge >= 0.3 is 0 Å². The summed E-state index contributed by atoms with van der Waals surface area (Å²) in [4.78, 5) is 4.26. The first-order chi connectivity index (χ1) is 6.83. The summed E-state index contributed by atoms with van der Waals surface area (Å²) in [6, 6.07) is 7.53. The second-order valence-corrected chi connectivity index (χ2v) is 3.70. The predicted octanol–water partition coefficient (Wildman–Crippen LogP) is 2.57. The molecule has 0 spiro atoms. The van der Waals surface area contributed by atoms with Gasteiger partial charge in [-0.1, -0.05) is 11.3 Å². The van der Waals surface area contributed by atoms with Crippen LogP contribution in [0.1, 0.15) is 12.5 Å². The average molecular weight is 204 g/mol. The summed E-state index contributed by atoms with van der Waals surface area (Å²) in [6.45, 7) is 2.54. The molecule has 0 amide bonds. The molecular formula is C10H8N2OS. The number of nitrogens with zero attached hydrogens (tertiary/aromatic N) is 2. The lowest BCUT2D eigenvalue weighted by Crippen LogP contribution is -1.88. The van der Waals surface area contributed by atoms with E-state index in [4.69, 9.17) is 10.00 Å². The Hall–Kier alpha value is -1.60. The predicted molar refractivity (Wildman–Crippen MR) is 55.5 cm³/mol. The third kappa shape index (κ3) is 1.54. The molecule has 3 nitrogen and oxygen atoms in total. The number of hydrogen-bond acceptors (Lipinski definition) is 4. The van der Waals surface area contributed by atoms with Gasteiger partial charge in [-0.2, -0.15) is 5.26 Å². The van der Waals surface area contributed by atoms with Crippen LogP contribution in [0.25, 0.3) is 10.2 Å². The molecule has 0 aliphatic heterocycles. The number of nitriles is 1. The van der Waals surface area contributed by atoms with Gasteiger partial charge in [-0.15, -0.1) is 0 Å². The Labute approximate surface area is 85.6 Å². The van der Waals surface area contributed by atoms with Crippen LogP contribution in [0.2, 0.25) is 0 Å². The van der Waals surface area contributed by atoms with Crippen LogP contribution in [-0.2, 0) is 0 Å².